The second kappa shape index (κ2) is 17.8. The summed E-state index contributed by atoms with van der Waals surface area (Å²) in [5.41, 5.74) is 9.76. The van der Waals surface area contributed by atoms with Crippen molar-refractivity contribution in [1.29, 1.82) is 0 Å². The first-order chi connectivity index (χ1) is 31.5. The average Bonchev–Trinajstić information content (AvgIpc) is 3.94. The topological polar surface area (TPSA) is 176 Å². The largest absolute Gasteiger partial charge is 0.508 e. The number of pyridine rings is 1. The number of hydrogen-bond acceptors (Lipinski definition) is 10. The van der Waals surface area contributed by atoms with Crippen molar-refractivity contribution in [2.24, 2.45) is 23.2 Å². The summed E-state index contributed by atoms with van der Waals surface area (Å²) in [6.07, 6.45) is 5.34. The fraction of sp³-hybridized carbons (Fsp3) is 0.529. The smallest absolute Gasteiger partial charge is 0.324 e. The van der Waals surface area contributed by atoms with Crippen LogP contribution in [0.2, 0.25) is 0 Å². The van der Waals surface area contributed by atoms with Gasteiger partial charge in [0.15, 0.2) is 0 Å². The lowest BCUT2D eigenvalue weighted by Crippen LogP contribution is -2.62. The number of hydrazine groups is 1. The molecule has 9 rings (SSSR count). The van der Waals surface area contributed by atoms with Crippen LogP contribution >= 0.6 is 0 Å². The van der Waals surface area contributed by atoms with Gasteiger partial charge in [-0.3, -0.25) is 34.0 Å². The third-order valence-electron chi connectivity index (χ3n) is 14.4. The SMILES string of the molecule is CO[C@@H]1c2ncccc2-c2c3c4cc(ccc4n2C1C)-c1cc(O)cc(c1)C[C@H](NC(=O)C(C(C)C)N(C)C(=O)[C@H]1CCN(C(=O)C2CC2)C1)C(=O)N1CCC[C@H](N1)C(=O)OCC(C)(C)C3. The Labute approximate surface area is 386 Å². The molecule has 2 aromatic heterocycles. The molecule has 15 heteroatoms. The molecule has 6 atom stereocenters. The van der Waals surface area contributed by atoms with E-state index in [0.717, 1.165) is 57.4 Å². The minimum atomic E-state index is -1.15. The third kappa shape index (κ3) is 8.55. The first kappa shape index (κ1) is 45.4. The fourth-order valence-corrected chi connectivity index (χ4v) is 10.9. The maximum atomic E-state index is 14.7. The molecule has 2 unspecified atom stereocenters. The average molecular weight is 902 g/mol. The molecular formula is C51H63N7O8. The van der Waals surface area contributed by atoms with E-state index in [9.17, 15) is 29.1 Å². The second-order valence-electron chi connectivity index (χ2n) is 20.4. The standard InChI is InChI=1S/C51H63N7O8/c1-28(2)43(55(6)47(61)33-16-19-56(26-33)48(62)31-12-13-31)46(60)53-40-22-30-20-34(23-35(59)21-30)32-14-15-41-37(24-32)38(44-36-10-8-17-52-42(36)45(65-7)29(3)58(41)44)25-51(4,5)27-66-50(64)39-11-9-18-57(54-39)49(40)63/h8,10,14-15,17,20-21,23-24,28-29,31,33,39-40,43,45,54,59H,9,11-13,16,18-19,22,25-27H2,1-7H3,(H,53,60)/t29?,33-,39-,40-,43?,45-/m0/s1. The Hall–Kier alpha value is -5.80. The van der Waals surface area contributed by atoms with E-state index in [2.05, 4.69) is 54.3 Å². The number of aromatic hydroxyl groups is 1. The van der Waals surface area contributed by atoms with Crippen LogP contribution in [-0.2, 0) is 46.3 Å². The van der Waals surface area contributed by atoms with Crippen LogP contribution in [-0.4, -0.2) is 118 Å². The molecule has 66 heavy (non-hydrogen) atoms. The van der Waals surface area contributed by atoms with Crippen LogP contribution < -0.4 is 10.7 Å². The molecule has 5 aliphatic rings. The lowest BCUT2D eigenvalue weighted by atomic mass is 9.83. The Morgan fingerprint density at radius 2 is 1.80 bits per heavy atom. The number of phenolic OH excluding ortho intramolecular Hbond substituents is 1. The second-order valence-corrected chi connectivity index (χ2v) is 20.4. The van der Waals surface area contributed by atoms with Crippen LogP contribution in [0.15, 0.2) is 54.7 Å². The van der Waals surface area contributed by atoms with E-state index in [1.54, 1.807) is 37.4 Å². The fourth-order valence-electron chi connectivity index (χ4n) is 10.9. The molecule has 6 heterocycles. The third-order valence-corrected chi connectivity index (χ3v) is 14.4. The Bertz CT molecular complexity index is 2580. The number of methoxy groups -OCH3 is 1. The zero-order valence-electron chi connectivity index (χ0n) is 39.1. The van der Waals surface area contributed by atoms with Crippen LogP contribution in [0.4, 0.5) is 0 Å². The van der Waals surface area contributed by atoms with E-state index in [4.69, 9.17) is 14.5 Å². The van der Waals surface area contributed by atoms with Gasteiger partial charge in [-0.2, -0.15) is 0 Å². The number of cyclic esters (lactones) is 1. The summed E-state index contributed by atoms with van der Waals surface area (Å²) in [5.74, 6) is -2.25. The van der Waals surface area contributed by atoms with Crippen LogP contribution in [0.25, 0.3) is 33.3 Å². The quantitative estimate of drug-likeness (QED) is 0.195. The molecule has 15 nitrogen and oxygen atoms in total. The molecule has 3 N–H and O–H groups in total. The summed E-state index contributed by atoms with van der Waals surface area (Å²) in [5, 5.41) is 16.8. The monoisotopic (exact) mass is 901 g/mol. The molecule has 350 valence electrons. The number of phenols is 1. The van der Waals surface area contributed by atoms with Crippen LogP contribution in [0, 0.1) is 23.2 Å². The molecule has 0 spiro atoms. The Balaban J connectivity index is 1.09. The molecule has 1 aliphatic carbocycles. The number of carbonyl (C=O) groups excluding carboxylic acids is 5. The lowest BCUT2D eigenvalue weighted by Gasteiger charge is -2.37. The van der Waals surface area contributed by atoms with Crippen LogP contribution in [0.3, 0.4) is 0 Å². The predicted molar refractivity (Wildman–Crippen MR) is 247 cm³/mol. The number of benzene rings is 2. The number of esters is 1. The van der Waals surface area contributed by atoms with Gasteiger partial charge in [-0.05, 0) is 110 Å². The highest BCUT2D eigenvalue weighted by atomic mass is 16.5. The first-order valence-corrected chi connectivity index (χ1v) is 23.6. The van der Waals surface area contributed by atoms with E-state index in [1.165, 1.54) is 9.91 Å². The number of nitrogens with one attached hydrogen (secondary N) is 2. The molecule has 6 bridgehead atoms. The highest BCUT2D eigenvalue weighted by molar-refractivity contribution is 5.97. The molecule has 0 radical (unpaired) electrons. The number of ether oxygens (including phenoxy) is 2. The van der Waals surface area contributed by atoms with Gasteiger partial charge in [-0.15, -0.1) is 0 Å². The molecule has 4 aromatic rings. The van der Waals surface area contributed by atoms with Crippen molar-refractivity contribution in [1.82, 2.24) is 35.1 Å². The van der Waals surface area contributed by atoms with E-state index in [0.29, 0.717) is 44.3 Å². The van der Waals surface area contributed by atoms with Gasteiger partial charge >= 0.3 is 5.97 Å². The van der Waals surface area contributed by atoms with Crippen molar-refractivity contribution in [2.45, 2.75) is 110 Å². The molecule has 4 aliphatic heterocycles. The Kier molecular flexibility index (Phi) is 12.2. The Morgan fingerprint density at radius 1 is 1.02 bits per heavy atom. The maximum Gasteiger partial charge on any atom is 0.324 e. The van der Waals surface area contributed by atoms with Crippen molar-refractivity contribution in [2.75, 3.05) is 40.4 Å². The molecular weight excluding hydrogens is 839 g/mol. The number of amides is 4. The number of likely N-dealkylation sites (N-methyl/N-ethyl adjacent to an activating group) is 1. The molecule has 2 aromatic carbocycles. The van der Waals surface area contributed by atoms with Crippen LogP contribution in [0.5, 0.6) is 5.75 Å². The number of nitrogens with zero attached hydrogens (tertiary/aromatic N) is 5. The van der Waals surface area contributed by atoms with Gasteiger partial charge in [-0.1, -0.05) is 39.8 Å². The zero-order chi connectivity index (χ0) is 46.8. The number of hydrogen-bond donors (Lipinski definition) is 3. The number of carbonyl (C=O) groups is 5. The minimum absolute atomic E-state index is 0.00122. The van der Waals surface area contributed by atoms with Crippen molar-refractivity contribution in [3.05, 3.63) is 71.5 Å². The van der Waals surface area contributed by atoms with E-state index < -0.39 is 47.2 Å². The summed E-state index contributed by atoms with van der Waals surface area (Å²) in [4.78, 5) is 78.1. The van der Waals surface area contributed by atoms with Gasteiger partial charge in [0.2, 0.25) is 17.7 Å². The Morgan fingerprint density at radius 3 is 2.55 bits per heavy atom. The maximum absolute atomic E-state index is 14.7. The van der Waals surface area contributed by atoms with Crippen LogP contribution in [0.1, 0.15) is 95.7 Å². The predicted octanol–water partition coefficient (Wildman–Crippen LogP) is 5.73. The molecule has 2 saturated heterocycles. The zero-order valence-corrected chi connectivity index (χ0v) is 39.1. The molecule has 4 amide bonds. The number of likely N-dealkylation sites (tertiary alicyclic amines) is 1. The van der Waals surface area contributed by atoms with E-state index >= 15 is 0 Å². The van der Waals surface area contributed by atoms with Crippen molar-refractivity contribution in [3.8, 4) is 28.1 Å². The van der Waals surface area contributed by atoms with Gasteiger partial charge in [0, 0.05) is 74.2 Å². The summed E-state index contributed by atoms with van der Waals surface area (Å²) in [6, 6.07) is 12.6. The number of rotatable bonds is 7. The summed E-state index contributed by atoms with van der Waals surface area (Å²) < 4.78 is 14.5. The number of fused-ring (bicyclic) bond motifs is 11. The lowest BCUT2D eigenvalue weighted by molar-refractivity contribution is -0.155. The van der Waals surface area contributed by atoms with E-state index in [1.807, 2.05) is 32.0 Å². The van der Waals surface area contributed by atoms with E-state index in [-0.39, 0.29) is 61.1 Å². The normalized spacial score (nSPS) is 24.6. The summed E-state index contributed by atoms with van der Waals surface area (Å²) in [7, 11) is 3.32. The highest BCUT2D eigenvalue weighted by Crippen LogP contribution is 2.49. The van der Waals surface area contributed by atoms with Gasteiger partial charge < -0.3 is 34.3 Å². The van der Waals surface area contributed by atoms with Gasteiger partial charge in [0.1, 0.15) is 30.0 Å². The molecule has 3 fully saturated rings. The number of aromatic nitrogens is 2. The highest BCUT2D eigenvalue weighted by Gasteiger charge is 2.43. The van der Waals surface area contributed by atoms with Crippen molar-refractivity contribution in [3.63, 3.8) is 0 Å². The minimum Gasteiger partial charge on any atom is -0.508 e. The van der Waals surface area contributed by atoms with Crippen molar-refractivity contribution < 1.29 is 38.6 Å². The summed E-state index contributed by atoms with van der Waals surface area (Å²) in [6.45, 7) is 11.3. The van der Waals surface area contributed by atoms with Gasteiger partial charge in [0.25, 0.3) is 5.91 Å². The molecule has 1 saturated carbocycles. The van der Waals surface area contributed by atoms with Gasteiger partial charge in [0.05, 0.1) is 30.0 Å². The van der Waals surface area contributed by atoms with Gasteiger partial charge in [-0.25, -0.2) is 5.43 Å². The first-order valence-electron chi connectivity index (χ1n) is 23.6. The van der Waals surface area contributed by atoms with Crippen molar-refractivity contribution >= 4 is 40.5 Å². The summed E-state index contributed by atoms with van der Waals surface area (Å²) >= 11 is 0.